The number of nitrogens with zero attached hydrogens (tertiary/aromatic N) is 4. The summed E-state index contributed by atoms with van der Waals surface area (Å²) in [7, 11) is 0. The molecule has 18 rings (SSSR count). The van der Waals surface area contributed by atoms with E-state index in [4.69, 9.17) is 9.47 Å². The van der Waals surface area contributed by atoms with E-state index in [1.807, 2.05) is 11.3 Å². The molecular weight excluding hydrogens is 1080 g/mol. The number of hydrogen-bond donors (Lipinski definition) is 0. The van der Waals surface area contributed by atoms with Gasteiger partial charge >= 0.3 is 0 Å². The zero-order valence-electron chi connectivity index (χ0n) is 47.0. The number of anilines is 12. The van der Waals surface area contributed by atoms with E-state index in [-0.39, 0.29) is 13.4 Å². The Bertz CT molecular complexity index is 4700. The van der Waals surface area contributed by atoms with Gasteiger partial charge in [0.1, 0.15) is 23.0 Å². The van der Waals surface area contributed by atoms with Gasteiger partial charge in [0.2, 0.25) is 0 Å². The summed E-state index contributed by atoms with van der Waals surface area (Å²) in [5, 5.41) is 2.38. The van der Waals surface area contributed by atoms with Gasteiger partial charge in [0.25, 0.3) is 13.4 Å². The van der Waals surface area contributed by atoms with Gasteiger partial charge in [0, 0.05) is 89.2 Å². The molecule has 0 atom stereocenters. The van der Waals surface area contributed by atoms with Gasteiger partial charge in [-0.2, -0.15) is 0 Å². The minimum atomic E-state index is -0.249. The van der Waals surface area contributed by atoms with E-state index in [0.29, 0.717) is 0 Å². The molecule has 0 N–H and O–H groups in total. The molecule has 0 radical (unpaired) electrons. The Morgan fingerprint density at radius 2 is 0.701 bits per heavy atom. The Morgan fingerprint density at radius 3 is 1.16 bits per heavy atom. The molecule has 0 aliphatic carbocycles. The third-order valence-corrected chi connectivity index (χ3v) is 19.0. The molecule has 87 heavy (non-hydrogen) atoms. The summed E-state index contributed by atoms with van der Waals surface area (Å²) in [4.78, 5) is 9.59. The summed E-state index contributed by atoms with van der Waals surface area (Å²) in [6.07, 6.45) is 0. The minimum Gasteiger partial charge on any atom is -0.457 e. The number of hydrogen-bond acceptors (Lipinski definition) is 7. The molecular formula is C78H50B2N4O2S. The lowest BCUT2D eigenvalue weighted by Crippen LogP contribution is -2.63. The fourth-order valence-electron chi connectivity index (χ4n) is 14.4. The molecule has 6 nitrogen and oxygen atoms in total. The molecule has 13 aromatic carbocycles. The van der Waals surface area contributed by atoms with Gasteiger partial charge in [-0.15, -0.1) is 11.3 Å². The van der Waals surface area contributed by atoms with Crippen molar-refractivity contribution in [1.82, 2.24) is 0 Å². The molecule has 14 aromatic rings. The maximum absolute atomic E-state index is 8.05. The van der Waals surface area contributed by atoms with Crippen LogP contribution in [0.25, 0.3) is 31.3 Å². The molecule has 406 valence electrons. The average Bonchev–Trinajstić information content (AvgIpc) is 0.831. The van der Waals surface area contributed by atoms with E-state index in [1.54, 1.807) is 0 Å². The van der Waals surface area contributed by atoms with E-state index in [2.05, 4.69) is 323 Å². The van der Waals surface area contributed by atoms with Gasteiger partial charge in [-0.3, -0.25) is 0 Å². The normalized spacial score (nSPS) is 12.9. The second-order valence-corrected chi connectivity index (χ2v) is 23.7. The van der Waals surface area contributed by atoms with Gasteiger partial charge in [-0.25, -0.2) is 0 Å². The van der Waals surface area contributed by atoms with Crippen LogP contribution in [0, 0.1) is 0 Å². The van der Waals surface area contributed by atoms with E-state index in [1.165, 1.54) is 31.1 Å². The first-order valence-corrected chi connectivity index (χ1v) is 30.5. The topological polar surface area (TPSA) is 31.4 Å². The quantitative estimate of drug-likeness (QED) is 0.134. The molecule has 0 saturated heterocycles. The van der Waals surface area contributed by atoms with Crippen molar-refractivity contribution in [2.75, 3.05) is 19.6 Å². The van der Waals surface area contributed by atoms with Crippen LogP contribution in [-0.4, -0.2) is 13.4 Å². The van der Waals surface area contributed by atoms with Crippen LogP contribution in [0.4, 0.5) is 68.2 Å². The SMILES string of the molecule is c1ccc(N(c2ccccc2)c2cc3c4c(c2)N(c2ccccc2)c2ccccc2B4c2cc4c(c(-c5cccc6sc7ccccc7c56)c2O3)Oc2cc(N(c3ccccc3)c3ccccc3)cc3c2B4c2ccccc2N3c2ccccc2)cc1. The summed E-state index contributed by atoms with van der Waals surface area (Å²) in [5.74, 6) is 3.16. The van der Waals surface area contributed by atoms with Crippen molar-refractivity contribution < 1.29 is 9.47 Å². The molecule has 4 aliphatic rings. The molecule has 0 saturated carbocycles. The molecule has 0 bridgehead atoms. The van der Waals surface area contributed by atoms with Crippen molar-refractivity contribution in [3.8, 4) is 34.1 Å². The van der Waals surface area contributed by atoms with Crippen molar-refractivity contribution >= 4 is 146 Å². The Morgan fingerprint density at radius 1 is 0.310 bits per heavy atom. The van der Waals surface area contributed by atoms with Crippen LogP contribution in [0.1, 0.15) is 0 Å². The van der Waals surface area contributed by atoms with E-state index in [9.17, 15) is 0 Å². The smallest absolute Gasteiger partial charge is 0.256 e. The van der Waals surface area contributed by atoms with Crippen molar-refractivity contribution in [1.29, 1.82) is 0 Å². The number of thiophene rings is 1. The van der Waals surface area contributed by atoms with Crippen molar-refractivity contribution in [2.24, 2.45) is 0 Å². The lowest BCUT2D eigenvalue weighted by Gasteiger charge is -2.43. The predicted octanol–water partition coefficient (Wildman–Crippen LogP) is 17.5. The highest BCUT2D eigenvalue weighted by Gasteiger charge is 2.49. The van der Waals surface area contributed by atoms with E-state index >= 15 is 0 Å². The number of ether oxygens (including phenoxy) is 2. The summed E-state index contributed by atoms with van der Waals surface area (Å²) < 4.78 is 18.5. The fourth-order valence-corrected chi connectivity index (χ4v) is 15.5. The highest BCUT2D eigenvalue weighted by atomic mass is 32.1. The van der Waals surface area contributed by atoms with E-state index in [0.717, 1.165) is 124 Å². The summed E-state index contributed by atoms with van der Waals surface area (Å²) >= 11 is 1.83. The first kappa shape index (κ1) is 49.4. The standard InChI is InChI=1S/C78H50B2N4O2S/c1-7-26-51(27-8-1)81(52-28-9-2-10-29-52)57-46-67-75-69(48-57)85-77-63(79(75)61-40-20-22-42-65(61)83(67)55-34-15-5-16-35-55)50-64-78(74(77)60-39-25-45-72-73(60)59-38-19-24-44-71(59)87-72)86-70-49-58(82(53-30-11-3-12-31-53)54-32-13-4-14-33-54)47-68-76(70)80(64)62-41-21-23-43-66(62)84(68)56-36-17-6-18-37-56/h1-50H. The highest BCUT2D eigenvalue weighted by molar-refractivity contribution is 7.26. The van der Waals surface area contributed by atoms with Crippen LogP contribution in [-0.2, 0) is 0 Å². The molecule has 5 heterocycles. The van der Waals surface area contributed by atoms with Crippen LogP contribution < -0.4 is 61.9 Å². The predicted molar refractivity (Wildman–Crippen MR) is 366 cm³/mol. The average molecular weight is 1130 g/mol. The van der Waals surface area contributed by atoms with Gasteiger partial charge in [-0.05, 0) is 148 Å². The second kappa shape index (κ2) is 19.8. The molecule has 9 heteroatoms. The van der Waals surface area contributed by atoms with Gasteiger partial charge in [-0.1, -0.05) is 182 Å². The van der Waals surface area contributed by atoms with E-state index < -0.39 is 0 Å². The van der Waals surface area contributed by atoms with Crippen LogP contribution in [0.3, 0.4) is 0 Å². The molecule has 0 amide bonds. The first-order valence-electron chi connectivity index (χ1n) is 29.7. The Balaban J connectivity index is 0.964. The Hall–Kier alpha value is -11.0. The van der Waals surface area contributed by atoms with Crippen LogP contribution in [0.2, 0.25) is 0 Å². The third kappa shape index (κ3) is 7.69. The molecule has 1 aromatic heterocycles. The van der Waals surface area contributed by atoms with Crippen molar-refractivity contribution in [3.05, 3.63) is 303 Å². The lowest BCUT2D eigenvalue weighted by atomic mass is 9.30. The number of fused-ring (bicyclic) bond motifs is 11. The largest absolute Gasteiger partial charge is 0.457 e. The highest BCUT2D eigenvalue weighted by Crippen LogP contribution is 2.54. The fraction of sp³-hybridized carbons (Fsp3) is 0. The number of para-hydroxylation sites is 8. The zero-order valence-corrected chi connectivity index (χ0v) is 47.9. The first-order chi connectivity index (χ1) is 43.2. The maximum atomic E-state index is 8.05. The molecule has 4 aliphatic heterocycles. The Labute approximate surface area is 509 Å². The molecule has 0 spiro atoms. The molecule has 0 unspecified atom stereocenters. The Kier molecular flexibility index (Phi) is 11.3. The van der Waals surface area contributed by atoms with Crippen LogP contribution in [0.5, 0.6) is 23.0 Å². The van der Waals surface area contributed by atoms with Crippen LogP contribution in [0.15, 0.2) is 303 Å². The van der Waals surface area contributed by atoms with Gasteiger partial charge in [0.15, 0.2) is 0 Å². The van der Waals surface area contributed by atoms with Gasteiger partial charge < -0.3 is 29.1 Å². The van der Waals surface area contributed by atoms with Crippen LogP contribution >= 0.6 is 11.3 Å². The second-order valence-electron chi connectivity index (χ2n) is 22.7. The third-order valence-electron chi connectivity index (χ3n) is 17.9. The lowest BCUT2D eigenvalue weighted by molar-refractivity contribution is 0.469. The summed E-state index contributed by atoms with van der Waals surface area (Å²) in [6.45, 7) is -0.497. The van der Waals surface area contributed by atoms with Gasteiger partial charge in [0.05, 0.1) is 16.9 Å². The zero-order chi connectivity index (χ0) is 57.1. The number of rotatable bonds is 9. The monoisotopic (exact) mass is 1130 g/mol. The van der Waals surface area contributed by atoms with Crippen molar-refractivity contribution in [2.45, 2.75) is 0 Å². The summed E-state index contributed by atoms with van der Waals surface area (Å²) in [5.41, 5.74) is 21.4. The molecule has 0 fully saturated rings. The number of benzene rings is 13. The summed E-state index contributed by atoms with van der Waals surface area (Å²) in [6, 6.07) is 110. The maximum Gasteiger partial charge on any atom is 0.256 e. The van der Waals surface area contributed by atoms with Crippen molar-refractivity contribution in [3.63, 3.8) is 0 Å². The minimum absolute atomic E-state index is 0.249.